The summed E-state index contributed by atoms with van der Waals surface area (Å²) in [6.45, 7) is 4.54. The van der Waals surface area contributed by atoms with E-state index < -0.39 is 11.9 Å². The maximum absolute atomic E-state index is 12.0. The van der Waals surface area contributed by atoms with E-state index >= 15 is 0 Å². The van der Waals surface area contributed by atoms with E-state index in [0.29, 0.717) is 6.42 Å². The van der Waals surface area contributed by atoms with Crippen molar-refractivity contribution in [2.45, 2.75) is 45.2 Å². The van der Waals surface area contributed by atoms with Crippen molar-refractivity contribution in [3.8, 4) is 0 Å². The van der Waals surface area contributed by atoms with Gasteiger partial charge in [-0.15, -0.1) is 0 Å². The molecule has 0 saturated carbocycles. The number of hydrogen-bond donors (Lipinski definition) is 4. The zero-order valence-corrected chi connectivity index (χ0v) is 12.1. The van der Waals surface area contributed by atoms with E-state index in [1.807, 2.05) is 13.8 Å². The van der Waals surface area contributed by atoms with Crippen LogP contribution in [-0.2, 0) is 14.4 Å². The zero-order valence-electron chi connectivity index (χ0n) is 12.1. The molecule has 5 N–H and O–H groups in total. The third kappa shape index (κ3) is 5.56. The van der Waals surface area contributed by atoms with Gasteiger partial charge in [0.2, 0.25) is 17.7 Å². The molecular weight excluding hydrogens is 260 g/mol. The van der Waals surface area contributed by atoms with Gasteiger partial charge in [-0.05, 0) is 31.7 Å². The van der Waals surface area contributed by atoms with Crippen molar-refractivity contribution in [2.24, 2.45) is 11.7 Å². The van der Waals surface area contributed by atoms with Gasteiger partial charge in [-0.25, -0.2) is 0 Å². The van der Waals surface area contributed by atoms with Crippen LogP contribution >= 0.6 is 0 Å². The summed E-state index contributed by atoms with van der Waals surface area (Å²) >= 11 is 0. The Hall–Kier alpha value is -1.63. The Morgan fingerprint density at radius 1 is 1.35 bits per heavy atom. The van der Waals surface area contributed by atoms with Crippen LogP contribution in [0, 0.1) is 5.92 Å². The summed E-state index contributed by atoms with van der Waals surface area (Å²) < 4.78 is 0. The second-order valence-corrected chi connectivity index (χ2v) is 5.52. The summed E-state index contributed by atoms with van der Waals surface area (Å²) in [6, 6.07) is -0.863. The molecule has 1 saturated heterocycles. The van der Waals surface area contributed by atoms with Gasteiger partial charge < -0.3 is 21.7 Å². The summed E-state index contributed by atoms with van der Waals surface area (Å²) in [4.78, 5) is 34.7. The standard InChI is InChI=1S/C13H24N4O3/c1-8(2)6-10(12(19)16-7-11(14)18)17-13(20)9-4-3-5-15-9/h8-10,15H,3-7H2,1-2H3,(H2,14,18)(H,16,19)(H,17,20)/t9-,10-/m0/s1. The fourth-order valence-corrected chi connectivity index (χ4v) is 2.18. The molecule has 1 rings (SSSR count). The molecule has 114 valence electrons. The summed E-state index contributed by atoms with van der Waals surface area (Å²) in [7, 11) is 0. The Bertz CT molecular complexity index is 365. The average molecular weight is 284 g/mol. The fourth-order valence-electron chi connectivity index (χ4n) is 2.18. The summed E-state index contributed by atoms with van der Waals surface area (Å²) in [5.74, 6) is -0.896. The predicted molar refractivity (Wildman–Crippen MR) is 74.6 cm³/mol. The second kappa shape index (κ2) is 7.84. The normalized spacial score (nSPS) is 19.6. The van der Waals surface area contributed by atoms with Crippen molar-refractivity contribution < 1.29 is 14.4 Å². The highest BCUT2D eigenvalue weighted by Crippen LogP contribution is 2.08. The molecule has 0 bridgehead atoms. The molecule has 3 amide bonds. The van der Waals surface area contributed by atoms with Crippen LogP contribution in [0.5, 0.6) is 0 Å². The molecule has 1 aliphatic heterocycles. The van der Waals surface area contributed by atoms with Crippen LogP contribution in [0.15, 0.2) is 0 Å². The van der Waals surface area contributed by atoms with E-state index in [2.05, 4.69) is 16.0 Å². The summed E-state index contributed by atoms with van der Waals surface area (Å²) in [5.41, 5.74) is 4.99. The SMILES string of the molecule is CC(C)C[C@H](NC(=O)[C@@H]1CCCN1)C(=O)NCC(N)=O. The topological polar surface area (TPSA) is 113 Å². The number of hydrogen-bond acceptors (Lipinski definition) is 4. The van der Waals surface area contributed by atoms with Gasteiger partial charge in [-0.1, -0.05) is 13.8 Å². The Morgan fingerprint density at radius 3 is 2.55 bits per heavy atom. The molecule has 1 heterocycles. The highest BCUT2D eigenvalue weighted by atomic mass is 16.2. The Morgan fingerprint density at radius 2 is 2.05 bits per heavy atom. The molecule has 7 nitrogen and oxygen atoms in total. The van der Waals surface area contributed by atoms with Crippen LogP contribution in [0.2, 0.25) is 0 Å². The molecule has 2 atom stereocenters. The van der Waals surface area contributed by atoms with E-state index in [4.69, 9.17) is 5.73 Å². The number of nitrogens with two attached hydrogens (primary N) is 1. The number of carbonyl (C=O) groups excluding carboxylic acids is 3. The van der Waals surface area contributed by atoms with Crippen molar-refractivity contribution in [2.75, 3.05) is 13.1 Å². The first-order valence-electron chi connectivity index (χ1n) is 7.00. The van der Waals surface area contributed by atoms with Gasteiger partial charge >= 0.3 is 0 Å². The second-order valence-electron chi connectivity index (χ2n) is 5.52. The fraction of sp³-hybridized carbons (Fsp3) is 0.769. The van der Waals surface area contributed by atoms with Crippen LogP contribution in [0.3, 0.4) is 0 Å². The minimum absolute atomic E-state index is 0.164. The van der Waals surface area contributed by atoms with Crippen molar-refractivity contribution in [1.82, 2.24) is 16.0 Å². The molecule has 0 radical (unpaired) electrons. The molecule has 0 unspecified atom stereocenters. The lowest BCUT2D eigenvalue weighted by molar-refractivity contribution is -0.131. The number of nitrogens with one attached hydrogen (secondary N) is 3. The van der Waals surface area contributed by atoms with Crippen LogP contribution in [0.4, 0.5) is 0 Å². The summed E-state index contributed by atoms with van der Waals surface area (Å²) in [6.07, 6.45) is 2.26. The Labute approximate surface area is 119 Å². The minimum Gasteiger partial charge on any atom is -0.368 e. The first-order valence-corrected chi connectivity index (χ1v) is 7.00. The number of amides is 3. The first kappa shape index (κ1) is 16.4. The molecule has 7 heteroatoms. The lowest BCUT2D eigenvalue weighted by Gasteiger charge is -2.21. The van der Waals surface area contributed by atoms with Gasteiger partial charge in [-0.3, -0.25) is 14.4 Å². The van der Waals surface area contributed by atoms with Gasteiger partial charge in [0.25, 0.3) is 0 Å². The maximum Gasteiger partial charge on any atom is 0.243 e. The van der Waals surface area contributed by atoms with Gasteiger partial charge in [0.1, 0.15) is 6.04 Å². The van der Waals surface area contributed by atoms with Crippen LogP contribution < -0.4 is 21.7 Å². The van der Waals surface area contributed by atoms with Crippen molar-refractivity contribution in [3.63, 3.8) is 0 Å². The quantitative estimate of drug-likeness (QED) is 0.474. The largest absolute Gasteiger partial charge is 0.368 e. The highest BCUT2D eigenvalue weighted by molar-refractivity contribution is 5.91. The van der Waals surface area contributed by atoms with Gasteiger partial charge in [0, 0.05) is 0 Å². The van der Waals surface area contributed by atoms with Crippen molar-refractivity contribution >= 4 is 17.7 Å². The highest BCUT2D eigenvalue weighted by Gasteiger charge is 2.27. The van der Waals surface area contributed by atoms with Crippen molar-refractivity contribution in [1.29, 1.82) is 0 Å². The number of primary amides is 1. The average Bonchev–Trinajstić information content (AvgIpc) is 2.88. The third-order valence-electron chi connectivity index (χ3n) is 3.15. The molecule has 1 fully saturated rings. The van der Waals surface area contributed by atoms with E-state index in [-0.39, 0.29) is 30.3 Å². The smallest absolute Gasteiger partial charge is 0.243 e. The molecule has 0 spiro atoms. The van der Waals surface area contributed by atoms with E-state index in [9.17, 15) is 14.4 Å². The summed E-state index contributed by atoms with van der Waals surface area (Å²) in [5, 5.41) is 8.27. The van der Waals surface area contributed by atoms with Crippen LogP contribution in [-0.4, -0.2) is 42.9 Å². The third-order valence-corrected chi connectivity index (χ3v) is 3.15. The maximum atomic E-state index is 12.0. The van der Waals surface area contributed by atoms with E-state index in [1.165, 1.54) is 0 Å². The minimum atomic E-state index is -0.635. The van der Waals surface area contributed by atoms with E-state index in [1.54, 1.807) is 0 Å². The van der Waals surface area contributed by atoms with Gasteiger partial charge in [0.05, 0.1) is 12.6 Å². The molecular formula is C13H24N4O3. The Kier molecular flexibility index (Phi) is 6.44. The lowest BCUT2D eigenvalue weighted by atomic mass is 10.0. The molecule has 0 aromatic carbocycles. The lowest BCUT2D eigenvalue weighted by Crippen LogP contribution is -2.52. The molecule has 1 aliphatic rings. The number of carbonyl (C=O) groups is 3. The van der Waals surface area contributed by atoms with Crippen molar-refractivity contribution in [3.05, 3.63) is 0 Å². The van der Waals surface area contributed by atoms with Gasteiger partial charge in [0.15, 0.2) is 0 Å². The zero-order chi connectivity index (χ0) is 15.1. The van der Waals surface area contributed by atoms with Crippen LogP contribution in [0.25, 0.3) is 0 Å². The van der Waals surface area contributed by atoms with Crippen LogP contribution in [0.1, 0.15) is 33.1 Å². The monoisotopic (exact) mass is 284 g/mol. The van der Waals surface area contributed by atoms with Gasteiger partial charge in [-0.2, -0.15) is 0 Å². The number of rotatable bonds is 7. The molecule has 0 aromatic rings. The predicted octanol–water partition coefficient (Wildman–Crippen LogP) is -1.13. The Balaban J connectivity index is 2.55. The molecule has 0 aliphatic carbocycles. The molecule has 20 heavy (non-hydrogen) atoms. The molecule has 0 aromatic heterocycles. The first-order chi connectivity index (χ1) is 9.40. The van der Waals surface area contributed by atoms with E-state index in [0.717, 1.165) is 19.4 Å².